The van der Waals surface area contributed by atoms with Gasteiger partial charge in [-0.05, 0) is 30.7 Å². The van der Waals surface area contributed by atoms with Crippen LogP contribution in [0.2, 0.25) is 0 Å². The van der Waals surface area contributed by atoms with Crippen molar-refractivity contribution in [1.29, 1.82) is 0 Å². The van der Waals surface area contributed by atoms with Gasteiger partial charge in [0.25, 0.3) is 5.91 Å². The summed E-state index contributed by atoms with van der Waals surface area (Å²) in [7, 11) is 0. The second-order valence-electron chi connectivity index (χ2n) is 3.73. The standard InChI is InChI=1S/C13H13NO3/c1-2-17-11-5-3-4-9(7-11)6-10-8-12(15)14-13(10)16/h3-7H,2,8H2,1H3,(H,14,15,16). The zero-order valence-electron chi connectivity index (χ0n) is 9.53. The van der Waals surface area contributed by atoms with Gasteiger partial charge in [0.2, 0.25) is 5.91 Å². The third kappa shape index (κ3) is 2.72. The average Bonchev–Trinajstić information content (AvgIpc) is 2.58. The first kappa shape index (κ1) is 11.4. The number of hydrogen-bond acceptors (Lipinski definition) is 3. The Kier molecular flexibility index (Phi) is 3.23. The second-order valence-corrected chi connectivity index (χ2v) is 3.73. The first-order valence-corrected chi connectivity index (χ1v) is 5.46. The largest absolute Gasteiger partial charge is 0.494 e. The van der Waals surface area contributed by atoms with Crippen molar-refractivity contribution in [3.63, 3.8) is 0 Å². The molecule has 2 rings (SSSR count). The lowest BCUT2D eigenvalue weighted by molar-refractivity contribution is -0.124. The fourth-order valence-electron chi connectivity index (χ4n) is 1.68. The van der Waals surface area contributed by atoms with Crippen LogP contribution in [0, 0.1) is 0 Å². The SMILES string of the molecule is CCOc1cccc(C=C2CC(=O)NC2=O)c1. The van der Waals surface area contributed by atoms with Crippen molar-refractivity contribution in [1.82, 2.24) is 5.32 Å². The van der Waals surface area contributed by atoms with Crippen LogP contribution in [-0.2, 0) is 9.59 Å². The Morgan fingerprint density at radius 3 is 2.88 bits per heavy atom. The maximum atomic E-state index is 11.4. The molecule has 1 aliphatic heterocycles. The molecule has 88 valence electrons. The summed E-state index contributed by atoms with van der Waals surface area (Å²) >= 11 is 0. The summed E-state index contributed by atoms with van der Waals surface area (Å²) < 4.78 is 5.36. The van der Waals surface area contributed by atoms with Crippen LogP contribution in [-0.4, -0.2) is 18.4 Å². The summed E-state index contributed by atoms with van der Waals surface area (Å²) in [5.41, 5.74) is 1.35. The van der Waals surface area contributed by atoms with Gasteiger partial charge in [0, 0.05) is 5.57 Å². The first-order chi connectivity index (χ1) is 8.19. The van der Waals surface area contributed by atoms with E-state index in [9.17, 15) is 9.59 Å². The number of benzene rings is 1. The van der Waals surface area contributed by atoms with Gasteiger partial charge in [-0.2, -0.15) is 0 Å². The van der Waals surface area contributed by atoms with Crippen molar-refractivity contribution in [2.45, 2.75) is 13.3 Å². The zero-order valence-corrected chi connectivity index (χ0v) is 9.53. The van der Waals surface area contributed by atoms with Crippen LogP contribution in [0.4, 0.5) is 0 Å². The van der Waals surface area contributed by atoms with E-state index in [4.69, 9.17) is 4.74 Å². The number of imide groups is 1. The molecule has 0 spiro atoms. The molecule has 0 unspecified atom stereocenters. The van der Waals surface area contributed by atoms with Gasteiger partial charge >= 0.3 is 0 Å². The molecule has 2 amide bonds. The summed E-state index contributed by atoms with van der Waals surface area (Å²) in [6.07, 6.45) is 1.86. The van der Waals surface area contributed by atoms with E-state index in [-0.39, 0.29) is 18.2 Å². The molecule has 1 saturated heterocycles. The van der Waals surface area contributed by atoms with Crippen LogP contribution >= 0.6 is 0 Å². The molecule has 17 heavy (non-hydrogen) atoms. The highest BCUT2D eigenvalue weighted by molar-refractivity contribution is 6.15. The number of carbonyl (C=O) groups is 2. The molecule has 4 heteroatoms. The van der Waals surface area contributed by atoms with Crippen LogP contribution in [0.5, 0.6) is 5.75 Å². The van der Waals surface area contributed by atoms with E-state index in [0.29, 0.717) is 12.2 Å². The van der Waals surface area contributed by atoms with E-state index in [0.717, 1.165) is 11.3 Å². The first-order valence-electron chi connectivity index (χ1n) is 5.46. The van der Waals surface area contributed by atoms with Gasteiger partial charge in [0.05, 0.1) is 13.0 Å². The lowest BCUT2D eigenvalue weighted by atomic mass is 10.1. The summed E-state index contributed by atoms with van der Waals surface area (Å²) in [5.74, 6) is 0.200. The van der Waals surface area contributed by atoms with E-state index in [1.54, 1.807) is 6.08 Å². The highest BCUT2D eigenvalue weighted by atomic mass is 16.5. The van der Waals surface area contributed by atoms with Gasteiger partial charge in [0.1, 0.15) is 5.75 Å². The van der Waals surface area contributed by atoms with E-state index in [1.807, 2.05) is 31.2 Å². The normalized spacial score (nSPS) is 17.4. The number of nitrogens with one attached hydrogen (secondary N) is 1. The summed E-state index contributed by atoms with van der Waals surface area (Å²) in [6, 6.07) is 7.41. The highest BCUT2D eigenvalue weighted by Crippen LogP contribution is 2.18. The van der Waals surface area contributed by atoms with E-state index < -0.39 is 0 Å². The fraction of sp³-hybridized carbons (Fsp3) is 0.231. The van der Waals surface area contributed by atoms with Crippen LogP contribution in [0.15, 0.2) is 29.8 Å². The van der Waals surface area contributed by atoms with Gasteiger partial charge in [-0.1, -0.05) is 12.1 Å². The van der Waals surface area contributed by atoms with Gasteiger partial charge < -0.3 is 4.74 Å². The molecule has 1 aromatic carbocycles. The predicted molar refractivity (Wildman–Crippen MR) is 63.4 cm³/mol. The lowest BCUT2D eigenvalue weighted by Gasteiger charge is -2.03. The third-order valence-electron chi connectivity index (χ3n) is 2.41. The third-order valence-corrected chi connectivity index (χ3v) is 2.41. The van der Waals surface area contributed by atoms with E-state index in [1.165, 1.54) is 0 Å². The minimum Gasteiger partial charge on any atom is -0.494 e. The molecule has 0 radical (unpaired) electrons. The Hall–Kier alpha value is -2.10. The van der Waals surface area contributed by atoms with Crippen molar-refractivity contribution < 1.29 is 14.3 Å². The van der Waals surface area contributed by atoms with Gasteiger partial charge in [0.15, 0.2) is 0 Å². The minimum atomic E-state index is -0.309. The molecule has 0 bridgehead atoms. The van der Waals surface area contributed by atoms with Crippen molar-refractivity contribution in [3.05, 3.63) is 35.4 Å². The van der Waals surface area contributed by atoms with Crippen LogP contribution in [0.1, 0.15) is 18.9 Å². The van der Waals surface area contributed by atoms with E-state index in [2.05, 4.69) is 5.32 Å². The summed E-state index contributed by atoms with van der Waals surface area (Å²) in [5, 5.41) is 2.25. The molecule has 0 aliphatic carbocycles. The maximum absolute atomic E-state index is 11.4. The molecule has 1 heterocycles. The smallest absolute Gasteiger partial charge is 0.254 e. The summed E-state index contributed by atoms with van der Waals surface area (Å²) in [6.45, 7) is 2.51. The molecular weight excluding hydrogens is 218 g/mol. The number of hydrogen-bond donors (Lipinski definition) is 1. The molecule has 0 aromatic heterocycles. The second kappa shape index (κ2) is 4.82. The molecule has 1 aliphatic rings. The Balaban J connectivity index is 2.23. The number of amides is 2. The van der Waals surface area contributed by atoms with Gasteiger partial charge in [-0.15, -0.1) is 0 Å². The molecule has 1 aromatic rings. The number of rotatable bonds is 3. The Morgan fingerprint density at radius 2 is 2.24 bits per heavy atom. The van der Waals surface area contributed by atoms with Gasteiger partial charge in [-0.25, -0.2) is 0 Å². The Bertz CT molecular complexity index is 491. The Morgan fingerprint density at radius 1 is 1.41 bits per heavy atom. The maximum Gasteiger partial charge on any atom is 0.254 e. The molecule has 1 fully saturated rings. The van der Waals surface area contributed by atoms with Crippen molar-refractivity contribution in [2.75, 3.05) is 6.61 Å². The van der Waals surface area contributed by atoms with Crippen LogP contribution in [0.3, 0.4) is 0 Å². The lowest BCUT2D eigenvalue weighted by Crippen LogP contribution is -2.19. The predicted octanol–water partition coefficient (Wildman–Crippen LogP) is 1.52. The van der Waals surface area contributed by atoms with E-state index >= 15 is 0 Å². The van der Waals surface area contributed by atoms with Crippen molar-refractivity contribution in [3.8, 4) is 5.75 Å². The molecule has 4 nitrogen and oxygen atoms in total. The van der Waals surface area contributed by atoms with Crippen LogP contribution < -0.4 is 10.1 Å². The minimum absolute atomic E-state index is 0.150. The monoisotopic (exact) mass is 231 g/mol. The van der Waals surface area contributed by atoms with Crippen LogP contribution in [0.25, 0.3) is 6.08 Å². The molecule has 0 atom stereocenters. The summed E-state index contributed by atoms with van der Waals surface area (Å²) in [4.78, 5) is 22.4. The number of carbonyl (C=O) groups excluding carboxylic acids is 2. The van der Waals surface area contributed by atoms with Gasteiger partial charge in [-0.3, -0.25) is 14.9 Å². The molecular formula is C13H13NO3. The average molecular weight is 231 g/mol. The fourth-order valence-corrected chi connectivity index (χ4v) is 1.68. The molecule has 1 N–H and O–H groups in total. The topological polar surface area (TPSA) is 55.4 Å². The quantitative estimate of drug-likeness (QED) is 0.633. The Labute approximate surface area is 99.3 Å². The highest BCUT2D eigenvalue weighted by Gasteiger charge is 2.23. The molecule has 0 saturated carbocycles. The zero-order chi connectivity index (χ0) is 12.3. The number of ether oxygens (including phenoxy) is 1. The van der Waals surface area contributed by atoms with Crippen molar-refractivity contribution in [2.24, 2.45) is 0 Å². The van der Waals surface area contributed by atoms with Crippen molar-refractivity contribution >= 4 is 17.9 Å².